The first-order valence-electron chi connectivity index (χ1n) is 9.67. The number of aliphatic hydroxyl groups is 1. The highest BCUT2D eigenvalue weighted by Crippen LogP contribution is 2.40. The lowest BCUT2D eigenvalue weighted by Crippen LogP contribution is -2.62. The standard InChI is InChI=1S/C19H19F6N3O5/c1-17(32,15(30)26-7-18(21,22)19(23,24)25)16(31)28-12-13(8-2-3-8)33-11-5-4-9(20)6-10(11)27-14(12)29/h4-6,8,12-13,32H,2-3,7H2,1H3,(H,26,30)(H,27,29)(H,28,31). The van der Waals surface area contributed by atoms with E-state index in [2.05, 4.69) is 10.6 Å². The van der Waals surface area contributed by atoms with Gasteiger partial charge in [0.2, 0.25) is 5.60 Å². The number of hydrogen-bond donors (Lipinski definition) is 4. The van der Waals surface area contributed by atoms with Gasteiger partial charge < -0.3 is 25.8 Å². The van der Waals surface area contributed by atoms with Crippen LogP contribution in [0.5, 0.6) is 5.75 Å². The molecule has 182 valence electrons. The Balaban J connectivity index is 1.74. The highest BCUT2D eigenvalue weighted by atomic mass is 19.4. The maximum atomic E-state index is 13.5. The van der Waals surface area contributed by atoms with E-state index in [1.54, 1.807) is 0 Å². The third-order valence-electron chi connectivity index (χ3n) is 5.22. The molecule has 14 heteroatoms. The van der Waals surface area contributed by atoms with Crippen molar-refractivity contribution in [3.05, 3.63) is 24.0 Å². The number of carbonyl (C=O) groups excluding carboxylic acids is 3. The van der Waals surface area contributed by atoms with Gasteiger partial charge in [0.1, 0.15) is 23.7 Å². The minimum atomic E-state index is -5.96. The van der Waals surface area contributed by atoms with Crippen molar-refractivity contribution in [2.24, 2.45) is 5.92 Å². The van der Waals surface area contributed by atoms with Crippen LogP contribution in [0.25, 0.3) is 0 Å². The SMILES string of the molecule is CC(O)(C(=O)NCC(F)(F)C(F)(F)F)C(=O)NC1C(=O)Nc2cc(F)ccc2OC1C1CC1. The summed E-state index contributed by atoms with van der Waals surface area (Å²) in [5.74, 6) is -10.3. The minimum absolute atomic E-state index is 0.0266. The van der Waals surface area contributed by atoms with Gasteiger partial charge in [0.05, 0.1) is 12.2 Å². The van der Waals surface area contributed by atoms with Gasteiger partial charge in [-0.25, -0.2) is 4.39 Å². The molecule has 0 bridgehead atoms. The molecule has 1 aromatic carbocycles. The van der Waals surface area contributed by atoms with Gasteiger partial charge in [-0.15, -0.1) is 0 Å². The van der Waals surface area contributed by atoms with Gasteiger partial charge in [-0.1, -0.05) is 0 Å². The molecule has 1 aromatic rings. The van der Waals surface area contributed by atoms with Crippen molar-refractivity contribution < 1.29 is 50.6 Å². The van der Waals surface area contributed by atoms with Gasteiger partial charge in [0, 0.05) is 6.07 Å². The normalized spacial score (nSPS) is 22.7. The van der Waals surface area contributed by atoms with Crippen LogP contribution in [0, 0.1) is 11.7 Å². The van der Waals surface area contributed by atoms with E-state index in [4.69, 9.17) is 4.74 Å². The Morgan fingerprint density at radius 3 is 2.39 bits per heavy atom. The Morgan fingerprint density at radius 1 is 1.18 bits per heavy atom. The summed E-state index contributed by atoms with van der Waals surface area (Å²) in [5, 5.41) is 15.8. The zero-order chi connectivity index (χ0) is 24.8. The van der Waals surface area contributed by atoms with Crippen molar-refractivity contribution in [3.8, 4) is 5.75 Å². The Kier molecular flexibility index (Phi) is 6.26. The number of amides is 3. The minimum Gasteiger partial charge on any atom is -0.485 e. The van der Waals surface area contributed by atoms with Crippen LogP contribution in [0.4, 0.5) is 32.0 Å². The quantitative estimate of drug-likeness (QED) is 0.362. The number of rotatable bonds is 6. The van der Waals surface area contributed by atoms with Gasteiger partial charge in [0.25, 0.3) is 17.7 Å². The maximum Gasteiger partial charge on any atom is 0.455 e. The number of benzene rings is 1. The van der Waals surface area contributed by atoms with E-state index < -0.39 is 59.9 Å². The van der Waals surface area contributed by atoms with Gasteiger partial charge in [-0.2, -0.15) is 22.0 Å². The molecular weight excluding hydrogens is 464 g/mol. The van der Waals surface area contributed by atoms with E-state index in [1.165, 1.54) is 11.4 Å². The molecule has 1 saturated carbocycles. The number of nitrogens with one attached hydrogen (secondary N) is 3. The monoisotopic (exact) mass is 483 g/mol. The fourth-order valence-corrected chi connectivity index (χ4v) is 3.07. The summed E-state index contributed by atoms with van der Waals surface area (Å²) >= 11 is 0. The predicted molar refractivity (Wildman–Crippen MR) is 98.7 cm³/mol. The number of alkyl halides is 5. The van der Waals surface area contributed by atoms with Crippen molar-refractivity contribution in [3.63, 3.8) is 0 Å². The van der Waals surface area contributed by atoms with Crippen LogP contribution in [0.3, 0.4) is 0 Å². The summed E-state index contributed by atoms with van der Waals surface area (Å²) in [6, 6.07) is 1.83. The summed E-state index contributed by atoms with van der Waals surface area (Å²) in [6.07, 6.45) is -5.71. The Labute approximate surface area is 182 Å². The zero-order valence-electron chi connectivity index (χ0n) is 16.9. The summed E-state index contributed by atoms with van der Waals surface area (Å²) in [7, 11) is 0. The van der Waals surface area contributed by atoms with Crippen molar-refractivity contribution >= 4 is 23.4 Å². The highest BCUT2D eigenvalue weighted by Gasteiger charge is 2.58. The molecule has 0 aromatic heterocycles. The number of ether oxygens (including phenoxy) is 1. The van der Waals surface area contributed by atoms with Crippen LogP contribution in [-0.4, -0.2) is 59.2 Å². The van der Waals surface area contributed by atoms with Crippen molar-refractivity contribution in [2.75, 3.05) is 11.9 Å². The van der Waals surface area contributed by atoms with Crippen LogP contribution >= 0.6 is 0 Å². The van der Waals surface area contributed by atoms with Crippen LogP contribution in [-0.2, 0) is 14.4 Å². The second-order valence-electron chi connectivity index (χ2n) is 7.96. The summed E-state index contributed by atoms with van der Waals surface area (Å²) in [6.45, 7) is -1.65. The number of hydrogen-bond acceptors (Lipinski definition) is 5. The van der Waals surface area contributed by atoms with Crippen molar-refractivity contribution in [1.29, 1.82) is 0 Å². The van der Waals surface area contributed by atoms with E-state index in [-0.39, 0.29) is 17.4 Å². The summed E-state index contributed by atoms with van der Waals surface area (Å²) < 4.78 is 82.2. The average molecular weight is 483 g/mol. The topological polar surface area (TPSA) is 117 Å². The number of carbonyl (C=O) groups is 3. The van der Waals surface area contributed by atoms with Crippen molar-refractivity contribution in [1.82, 2.24) is 10.6 Å². The van der Waals surface area contributed by atoms with Gasteiger partial charge >= 0.3 is 12.1 Å². The molecular formula is C19H19F6N3O5. The molecule has 0 saturated heterocycles. The molecule has 1 heterocycles. The first-order valence-corrected chi connectivity index (χ1v) is 9.67. The summed E-state index contributed by atoms with van der Waals surface area (Å²) in [5.41, 5.74) is -3.14. The molecule has 0 radical (unpaired) electrons. The lowest BCUT2D eigenvalue weighted by atomic mass is 10.0. The second kappa shape index (κ2) is 8.39. The zero-order valence-corrected chi connectivity index (χ0v) is 16.9. The predicted octanol–water partition coefficient (Wildman–Crippen LogP) is 1.48. The molecule has 3 atom stereocenters. The number of fused-ring (bicyclic) bond motifs is 1. The lowest BCUT2D eigenvalue weighted by molar-refractivity contribution is -0.278. The lowest BCUT2D eigenvalue weighted by Gasteiger charge is -2.29. The Bertz CT molecular complexity index is 964. The molecule has 1 aliphatic heterocycles. The van der Waals surface area contributed by atoms with Crippen LogP contribution in [0.15, 0.2) is 18.2 Å². The molecule has 3 rings (SSSR count). The fraction of sp³-hybridized carbons (Fsp3) is 0.526. The third kappa shape index (κ3) is 5.15. The molecule has 4 N–H and O–H groups in total. The third-order valence-corrected chi connectivity index (χ3v) is 5.22. The molecule has 0 spiro atoms. The molecule has 3 amide bonds. The largest absolute Gasteiger partial charge is 0.485 e. The van der Waals surface area contributed by atoms with E-state index >= 15 is 0 Å². The Hall–Kier alpha value is -3.03. The van der Waals surface area contributed by atoms with Gasteiger partial charge in [0.15, 0.2) is 0 Å². The first kappa shape index (κ1) is 24.6. The fourth-order valence-electron chi connectivity index (χ4n) is 3.07. The molecule has 1 aliphatic carbocycles. The molecule has 8 nitrogen and oxygen atoms in total. The highest BCUT2D eigenvalue weighted by molar-refractivity contribution is 6.09. The van der Waals surface area contributed by atoms with Gasteiger partial charge in [-0.3, -0.25) is 14.4 Å². The number of anilines is 1. The first-order chi connectivity index (χ1) is 15.1. The maximum absolute atomic E-state index is 13.5. The Morgan fingerprint density at radius 2 is 1.82 bits per heavy atom. The molecule has 3 unspecified atom stereocenters. The van der Waals surface area contributed by atoms with E-state index in [0.29, 0.717) is 19.8 Å². The average Bonchev–Trinajstić information content (AvgIpc) is 3.54. The molecule has 2 aliphatic rings. The van der Waals surface area contributed by atoms with Crippen LogP contribution < -0.4 is 20.7 Å². The van der Waals surface area contributed by atoms with E-state index in [0.717, 1.165) is 12.1 Å². The number of halogens is 6. The van der Waals surface area contributed by atoms with Crippen LogP contribution in [0.1, 0.15) is 19.8 Å². The van der Waals surface area contributed by atoms with E-state index in [1.807, 2.05) is 0 Å². The summed E-state index contributed by atoms with van der Waals surface area (Å²) in [4.78, 5) is 37.3. The van der Waals surface area contributed by atoms with Gasteiger partial charge in [-0.05, 0) is 37.8 Å². The van der Waals surface area contributed by atoms with E-state index in [9.17, 15) is 45.8 Å². The molecule has 33 heavy (non-hydrogen) atoms. The van der Waals surface area contributed by atoms with Crippen LogP contribution in [0.2, 0.25) is 0 Å². The second-order valence-corrected chi connectivity index (χ2v) is 7.96. The molecule has 1 fully saturated rings. The van der Waals surface area contributed by atoms with Crippen molar-refractivity contribution in [2.45, 2.75) is 49.6 Å². The smallest absolute Gasteiger partial charge is 0.455 e.